The average molecular weight is 264 g/mol. The first-order chi connectivity index (χ1) is 9.06. The summed E-state index contributed by atoms with van der Waals surface area (Å²) in [6.07, 6.45) is 2.88. The molecule has 104 valence electrons. The molecule has 0 spiro atoms. The molecule has 1 heterocycles. The maximum atomic E-state index is 13.0. The molecule has 1 aliphatic heterocycles. The average Bonchev–Trinajstić information content (AvgIpc) is 2.41. The minimum Gasteiger partial charge on any atom is -0.396 e. The highest BCUT2D eigenvalue weighted by Crippen LogP contribution is 2.17. The summed E-state index contributed by atoms with van der Waals surface area (Å²) < 4.78 is 13.0. The monoisotopic (exact) mass is 264 g/mol. The Labute approximate surface area is 113 Å². The van der Waals surface area contributed by atoms with Crippen LogP contribution in [0.1, 0.15) is 36.5 Å². The van der Waals surface area contributed by atoms with Crippen molar-refractivity contribution in [1.82, 2.24) is 4.90 Å². The van der Waals surface area contributed by atoms with Crippen molar-refractivity contribution in [2.45, 2.75) is 26.2 Å². The van der Waals surface area contributed by atoms with Gasteiger partial charge in [-0.1, -0.05) is 6.92 Å². The SMILES string of the molecule is CC1CCN(CCC(=O)c2ccc(F)c(N)c2)CC1. The number of anilines is 1. The topological polar surface area (TPSA) is 46.3 Å². The Balaban J connectivity index is 1.85. The zero-order valence-electron chi connectivity index (χ0n) is 11.4. The van der Waals surface area contributed by atoms with Crippen LogP contribution in [0.5, 0.6) is 0 Å². The van der Waals surface area contributed by atoms with E-state index in [1.54, 1.807) is 0 Å². The highest BCUT2D eigenvalue weighted by atomic mass is 19.1. The lowest BCUT2D eigenvalue weighted by atomic mass is 9.99. The first-order valence-corrected chi connectivity index (χ1v) is 6.87. The van der Waals surface area contributed by atoms with E-state index in [0.29, 0.717) is 12.0 Å². The number of hydrogen-bond donors (Lipinski definition) is 1. The van der Waals surface area contributed by atoms with E-state index >= 15 is 0 Å². The first kappa shape index (κ1) is 14.0. The number of halogens is 1. The number of carbonyl (C=O) groups excluding carboxylic acids is 1. The molecule has 2 N–H and O–H groups in total. The van der Waals surface area contributed by atoms with Crippen LogP contribution in [0, 0.1) is 11.7 Å². The lowest BCUT2D eigenvalue weighted by Gasteiger charge is -2.29. The van der Waals surface area contributed by atoms with Crippen molar-refractivity contribution in [3.63, 3.8) is 0 Å². The van der Waals surface area contributed by atoms with Crippen LogP contribution in [0.15, 0.2) is 18.2 Å². The van der Waals surface area contributed by atoms with Gasteiger partial charge in [0.2, 0.25) is 0 Å². The zero-order chi connectivity index (χ0) is 13.8. The van der Waals surface area contributed by atoms with Gasteiger partial charge in [0, 0.05) is 18.5 Å². The van der Waals surface area contributed by atoms with Gasteiger partial charge in [0.25, 0.3) is 0 Å². The predicted molar refractivity (Wildman–Crippen MR) is 74.6 cm³/mol. The molecule has 0 atom stereocenters. The second-order valence-corrected chi connectivity index (χ2v) is 5.43. The van der Waals surface area contributed by atoms with Gasteiger partial charge in [-0.25, -0.2) is 4.39 Å². The molecule has 1 aromatic rings. The van der Waals surface area contributed by atoms with Crippen LogP contribution in [-0.2, 0) is 0 Å². The third-order valence-electron chi connectivity index (χ3n) is 3.85. The second kappa shape index (κ2) is 6.15. The normalized spacial score (nSPS) is 17.6. The Bertz CT molecular complexity index is 453. The Morgan fingerprint density at radius 2 is 2.11 bits per heavy atom. The number of likely N-dealkylation sites (tertiary alicyclic amines) is 1. The molecule has 0 aromatic heterocycles. The smallest absolute Gasteiger partial charge is 0.164 e. The fourth-order valence-corrected chi connectivity index (χ4v) is 2.41. The molecule has 3 nitrogen and oxygen atoms in total. The summed E-state index contributed by atoms with van der Waals surface area (Å²) >= 11 is 0. The van der Waals surface area contributed by atoms with Gasteiger partial charge in [-0.2, -0.15) is 0 Å². The Morgan fingerprint density at radius 1 is 1.42 bits per heavy atom. The summed E-state index contributed by atoms with van der Waals surface area (Å²) in [5, 5.41) is 0. The van der Waals surface area contributed by atoms with E-state index < -0.39 is 5.82 Å². The van der Waals surface area contributed by atoms with Crippen molar-refractivity contribution in [2.24, 2.45) is 5.92 Å². The minimum absolute atomic E-state index is 0.0327. The van der Waals surface area contributed by atoms with Crippen molar-refractivity contribution in [2.75, 3.05) is 25.4 Å². The van der Waals surface area contributed by atoms with Crippen molar-refractivity contribution in [1.29, 1.82) is 0 Å². The van der Waals surface area contributed by atoms with E-state index in [1.807, 2.05) is 0 Å². The molecule has 1 aromatic carbocycles. The molecule has 19 heavy (non-hydrogen) atoms. The summed E-state index contributed by atoms with van der Waals surface area (Å²) in [4.78, 5) is 14.3. The summed E-state index contributed by atoms with van der Waals surface area (Å²) in [7, 11) is 0. The number of piperidine rings is 1. The molecular weight excluding hydrogens is 243 g/mol. The van der Waals surface area contributed by atoms with E-state index in [2.05, 4.69) is 11.8 Å². The molecule has 2 rings (SSSR count). The number of Topliss-reactive ketones (excluding diaryl/α,β-unsaturated/α-hetero) is 1. The summed E-state index contributed by atoms with van der Waals surface area (Å²) in [5.41, 5.74) is 6.02. The Morgan fingerprint density at radius 3 is 2.74 bits per heavy atom. The van der Waals surface area contributed by atoms with Crippen LogP contribution in [0.25, 0.3) is 0 Å². The second-order valence-electron chi connectivity index (χ2n) is 5.43. The number of hydrogen-bond acceptors (Lipinski definition) is 3. The van der Waals surface area contributed by atoms with Gasteiger partial charge in [0.05, 0.1) is 5.69 Å². The van der Waals surface area contributed by atoms with Gasteiger partial charge in [-0.3, -0.25) is 4.79 Å². The van der Waals surface area contributed by atoms with Gasteiger partial charge in [0.1, 0.15) is 5.82 Å². The van der Waals surface area contributed by atoms with E-state index in [1.165, 1.54) is 31.0 Å². The number of nitrogens with zero attached hydrogens (tertiary/aromatic N) is 1. The number of rotatable bonds is 4. The van der Waals surface area contributed by atoms with Crippen molar-refractivity contribution in [3.05, 3.63) is 29.6 Å². The highest BCUT2D eigenvalue weighted by Gasteiger charge is 2.17. The van der Waals surface area contributed by atoms with Gasteiger partial charge in [0.15, 0.2) is 5.78 Å². The highest BCUT2D eigenvalue weighted by molar-refractivity contribution is 5.96. The van der Waals surface area contributed by atoms with Crippen molar-refractivity contribution < 1.29 is 9.18 Å². The van der Waals surface area contributed by atoms with E-state index in [4.69, 9.17) is 5.73 Å². The maximum absolute atomic E-state index is 13.0. The van der Waals surface area contributed by atoms with Gasteiger partial charge in [-0.05, 0) is 50.0 Å². The van der Waals surface area contributed by atoms with Crippen LogP contribution >= 0.6 is 0 Å². The number of benzene rings is 1. The van der Waals surface area contributed by atoms with Crippen LogP contribution in [-0.4, -0.2) is 30.3 Å². The fraction of sp³-hybridized carbons (Fsp3) is 0.533. The summed E-state index contributed by atoms with van der Waals surface area (Å²) in [5.74, 6) is 0.357. The van der Waals surface area contributed by atoms with Gasteiger partial charge >= 0.3 is 0 Å². The zero-order valence-corrected chi connectivity index (χ0v) is 11.4. The summed E-state index contributed by atoms with van der Waals surface area (Å²) in [6.45, 7) is 5.19. The number of nitrogens with two attached hydrogens (primary N) is 1. The third-order valence-corrected chi connectivity index (χ3v) is 3.85. The van der Waals surface area contributed by atoms with Crippen molar-refractivity contribution in [3.8, 4) is 0 Å². The largest absolute Gasteiger partial charge is 0.396 e. The number of ketones is 1. The Kier molecular flexibility index (Phi) is 4.53. The molecule has 0 bridgehead atoms. The van der Waals surface area contributed by atoms with Crippen LogP contribution < -0.4 is 5.73 Å². The van der Waals surface area contributed by atoms with E-state index in [9.17, 15) is 9.18 Å². The van der Waals surface area contributed by atoms with E-state index in [-0.39, 0.29) is 11.5 Å². The van der Waals surface area contributed by atoms with Gasteiger partial charge < -0.3 is 10.6 Å². The summed E-state index contributed by atoms with van der Waals surface area (Å²) in [6, 6.07) is 4.19. The minimum atomic E-state index is -0.471. The third kappa shape index (κ3) is 3.77. The van der Waals surface area contributed by atoms with Crippen LogP contribution in [0.3, 0.4) is 0 Å². The van der Waals surface area contributed by atoms with Crippen LogP contribution in [0.2, 0.25) is 0 Å². The molecule has 0 unspecified atom stereocenters. The lowest BCUT2D eigenvalue weighted by Crippen LogP contribution is -2.34. The molecular formula is C15H21FN2O. The molecule has 1 fully saturated rings. The number of nitrogen functional groups attached to an aromatic ring is 1. The predicted octanol–water partition coefficient (Wildman–Crippen LogP) is 2.71. The Hall–Kier alpha value is -1.42. The van der Waals surface area contributed by atoms with Gasteiger partial charge in [-0.15, -0.1) is 0 Å². The molecule has 0 amide bonds. The molecule has 0 aliphatic carbocycles. The standard InChI is InChI=1S/C15H21FN2O/c1-11-4-7-18(8-5-11)9-6-15(19)12-2-3-13(16)14(17)10-12/h2-3,10-11H,4-9,17H2,1H3. The molecule has 0 radical (unpaired) electrons. The fourth-order valence-electron chi connectivity index (χ4n) is 2.41. The van der Waals surface area contributed by atoms with Crippen LogP contribution in [0.4, 0.5) is 10.1 Å². The molecule has 0 saturated carbocycles. The quantitative estimate of drug-likeness (QED) is 0.672. The molecule has 1 saturated heterocycles. The number of carbonyl (C=O) groups is 1. The lowest BCUT2D eigenvalue weighted by molar-refractivity contribution is 0.0953. The molecule has 1 aliphatic rings. The first-order valence-electron chi connectivity index (χ1n) is 6.87. The van der Waals surface area contributed by atoms with E-state index in [0.717, 1.165) is 25.6 Å². The van der Waals surface area contributed by atoms with Crippen molar-refractivity contribution >= 4 is 11.5 Å². The molecule has 4 heteroatoms. The maximum Gasteiger partial charge on any atom is 0.164 e.